The van der Waals surface area contributed by atoms with Crippen molar-refractivity contribution in [1.29, 1.82) is 0 Å². The first-order valence-corrected chi connectivity index (χ1v) is 14.4. The summed E-state index contributed by atoms with van der Waals surface area (Å²) in [7, 11) is 0. The third-order valence-corrected chi connectivity index (χ3v) is 9.63. The molecule has 0 saturated heterocycles. The zero-order valence-corrected chi connectivity index (χ0v) is 28.0. The molecule has 4 nitrogen and oxygen atoms in total. The van der Waals surface area contributed by atoms with Gasteiger partial charge in [-0.05, 0) is 12.8 Å². The number of hydrogen-bond donors (Lipinski definition) is 1. The van der Waals surface area contributed by atoms with Crippen molar-refractivity contribution >= 4 is 29.9 Å². The number of carbonyl (C=O) groups is 1. The maximum absolute atomic E-state index is 11.8. The SMILES string of the molecule is CCC(C)(C)C(=O)/C=C(\O)C(C)(C)CC.Cc1[c-]c(Oc2cc3[se]c(C(C)C)cc3cn2)cc(C)c1.[Ir]. The summed E-state index contributed by atoms with van der Waals surface area (Å²) in [6, 6.07) is 11.7. The van der Waals surface area contributed by atoms with Crippen LogP contribution >= 0.6 is 0 Å². The van der Waals surface area contributed by atoms with Gasteiger partial charge in [0.1, 0.15) is 5.76 Å². The summed E-state index contributed by atoms with van der Waals surface area (Å²) in [5.74, 6) is 2.20. The first-order chi connectivity index (χ1) is 16.7. The molecule has 3 rings (SSSR count). The number of aliphatic hydroxyl groups is 1. The number of aryl methyl sites for hydroxylation is 2. The third-order valence-electron chi connectivity index (χ3n) is 6.70. The number of aromatic nitrogens is 1. The first kappa shape index (κ1) is 33.3. The average Bonchev–Trinajstić information content (AvgIpc) is 3.22. The zero-order chi connectivity index (χ0) is 27.3. The smallest absolute Gasteiger partial charge is 0 e. The van der Waals surface area contributed by atoms with Gasteiger partial charge in [0, 0.05) is 37.0 Å². The zero-order valence-electron chi connectivity index (χ0n) is 23.9. The molecule has 2 heterocycles. The van der Waals surface area contributed by atoms with Gasteiger partial charge in [0.05, 0.1) is 0 Å². The molecule has 0 aliphatic carbocycles. The van der Waals surface area contributed by atoms with E-state index < -0.39 is 0 Å². The summed E-state index contributed by atoms with van der Waals surface area (Å²) in [5.41, 5.74) is 1.58. The summed E-state index contributed by atoms with van der Waals surface area (Å²) < 4.78 is 8.77. The van der Waals surface area contributed by atoms with Gasteiger partial charge in [-0.25, -0.2) is 0 Å². The van der Waals surface area contributed by atoms with Gasteiger partial charge >= 0.3 is 131 Å². The van der Waals surface area contributed by atoms with Gasteiger partial charge in [0.25, 0.3) is 0 Å². The van der Waals surface area contributed by atoms with Crippen LogP contribution in [0, 0.1) is 30.7 Å². The van der Waals surface area contributed by atoms with Crippen molar-refractivity contribution in [2.24, 2.45) is 10.8 Å². The van der Waals surface area contributed by atoms with Crippen LogP contribution in [0.2, 0.25) is 0 Å². The van der Waals surface area contributed by atoms with Crippen LogP contribution in [0.1, 0.15) is 89.7 Å². The van der Waals surface area contributed by atoms with Crippen LogP contribution in [-0.2, 0) is 24.9 Å². The molecule has 0 aliphatic heterocycles. The summed E-state index contributed by atoms with van der Waals surface area (Å²) in [6.07, 6.45) is 4.91. The van der Waals surface area contributed by atoms with Crippen molar-refractivity contribution in [3.8, 4) is 11.6 Å². The van der Waals surface area contributed by atoms with E-state index in [-0.39, 0.29) is 42.5 Å². The second kappa shape index (κ2) is 13.9. The molecule has 0 spiro atoms. The second-order valence-corrected chi connectivity index (χ2v) is 13.4. The van der Waals surface area contributed by atoms with E-state index >= 15 is 0 Å². The van der Waals surface area contributed by atoms with Crippen molar-refractivity contribution in [3.63, 3.8) is 0 Å². The molecule has 0 aliphatic rings. The van der Waals surface area contributed by atoms with Gasteiger partial charge in [-0.15, -0.1) is 0 Å². The van der Waals surface area contributed by atoms with Gasteiger partial charge < -0.3 is 5.11 Å². The third kappa shape index (κ3) is 9.52. The molecule has 0 unspecified atom stereocenters. The van der Waals surface area contributed by atoms with Gasteiger partial charge in [-0.1, -0.05) is 41.5 Å². The number of carbonyl (C=O) groups excluding carboxylic acids is 1. The van der Waals surface area contributed by atoms with Crippen molar-refractivity contribution in [3.05, 3.63) is 63.9 Å². The molecule has 2 aromatic heterocycles. The number of rotatable bonds is 8. The van der Waals surface area contributed by atoms with E-state index in [9.17, 15) is 9.90 Å². The molecule has 1 radical (unpaired) electrons. The summed E-state index contributed by atoms with van der Waals surface area (Å²) in [4.78, 5) is 16.3. The Morgan fingerprint density at radius 2 is 1.70 bits per heavy atom. The largest absolute Gasteiger partial charge is 0 e. The fourth-order valence-corrected chi connectivity index (χ4v) is 5.40. The predicted octanol–water partition coefficient (Wildman–Crippen LogP) is 8.49. The molecule has 1 N–H and O–H groups in total. The quantitative estimate of drug-likeness (QED) is 0.109. The topological polar surface area (TPSA) is 59.4 Å². The minimum atomic E-state index is -0.377. The molecule has 37 heavy (non-hydrogen) atoms. The maximum Gasteiger partial charge on any atom is 0 e. The van der Waals surface area contributed by atoms with E-state index in [2.05, 4.69) is 50.0 Å². The summed E-state index contributed by atoms with van der Waals surface area (Å²) >= 11 is 0.400. The summed E-state index contributed by atoms with van der Waals surface area (Å²) in [5, 5.41) is 11.1. The number of fused-ring (bicyclic) bond motifs is 1. The number of allylic oxidation sites excluding steroid dienone is 2. The van der Waals surface area contributed by atoms with Gasteiger partial charge in [0.15, 0.2) is 5.78 Å². The number of pyridine rings is 1. The predicted molar refractivity (Wildman–Crippen MR) is 151 cm³/mol. The molecule has 205 valence electrons. The second-order valence-electron chi connectivity index (χ2n) is 11.0. The van der Waals surface area contributed by atoms with Crippen LogP contribution < -0.4 is 4.74 Å². The van der Waals surface area contributed by atoms with Crippen LogP contribution in [0.15, 0.2) is 42.3 Å². The Bertz CT molecular complexity index is 1200. The van der Waals surface area contributed by atoms with Crippen LogP contribution in [-0.4, -0.2) is 30.4 Å². The molecular formula is C31H42IrNO3Se-. The number of nitrogens with zero attached hydrogens (tertiary/aromatic N) is 1. The van der Waals surface area contributed by atoms with Crippen LogP contribution in [0.3, 0.4) is 0 Å². The van der Waals surface area contributed by atoms with E-state index in [0.717, 1.165) is 24.2 Å². The molecule has 6 heteroatoms. The van der Waals surface area contributed by atoms with Crippen molar-refractivity contribution < 1.29 is 34.7 Å². The van der Waals surface area contributed by atoms with E-state index in [1.165, 1.54) is 25.7 Å². The fraction of sp³-hybridized carbons (Fsp3) is 0.484. The van der Waals surface area contributed by atoms with Crippen molar-refractivity contribution in [2.75, 3.05) is 0 Å². The Kier molecular flexibility index (Phi) is 12.5. The molecule has 3 aromatic rings. The average molecular weight is 748 g/mol. The minimum Gasteiger partial charge on any atom is 0 e. The molecule has 0 saturated carbocycles. The van der Waals surface area contributed by atoms with Gasteiger partial charge in [-0.2, -0.15) is 0 Å². The normalized spacial score (nSPS) is 12.1. The number of ether oxygens (including phenoxy) is 1. The van der Waals surface area contributed by atoms with Crippen molar-refractivity contribution in [1.82, 2.24) is 4.98 Å². The molecule has 0 atom stereocenters. The number of ketones is 1. The summed E-state index contributed by atoms with van der Waals surface area (Å²) in [6.45, 7) is 20.2. The molecule has 0 amide bonds. The van der Waals surface area contributed by atoms with E-state index in [1.807, 2.05) is 60.7 Å². The standard InChI is InChI=1S/C18H18NOSe.C13H24O2.Ir/c1-11(2)16-8-14-10-19-18(9-17(14)21-16)20-15-6-12(3)5-13(4)7-15;1-7-12(3,4)10(14)9-11(15)13(5,6)8-2;/h5-6,8-11H,1-4H3;9,14H,7-8H2,1-6H3;/q-1;;/b;10-9-;. The van der Waals surface area contributed by atoms with E-state index in [0.29, 0.717) is 26.3 Å². The fourth-order valence-electron chi connectivity index (χ4n) is 3.17. The van der Waals surface area contributed by atoms with Crippen LogP contribution in [0.4, 0.5) is 0 Å². The van der Waals surface area contributed by atoms with Crippen LogP contribution in [0.5, 0.6) is 11.6 Å². The number of aliphatic hydroxyl groups excluding tert-OH is 1. The number of benzene rings is 1. The van der Waals surface area contributed by atoms with E-state index in [4.69, 9.17) is 4.74 Å². The Balaban J connectivity index is 0.000000384. The molecule has 0 bridgehead atoms. The van der Waals surface area contributed by atoms with Crippen molar-refractivity contribution in [2.45, 2.75) is 88.0 Å². The van der Waals surface area contributed by atoms with Gasteiger partial charge in [-0.3, -0.25) is 4.79 Å². The molecular weight excluding hydrogens is 706 g/mol. The van der Waals surface area contributed by atoms with Crippen LogP contribution in [0.25, 0.3) is 9.65 Å². The molecule has 0 fully saturated rings. The van der Waals surface area contributed by atoms with Gasteiger partial charge in [0.2, 0.25) is 0 Å². The Labute approximate surface area is 243 Å². The Morgan fingerprint density at radius 3 is 2.24 bits per heavy atom. The Morgan fingerprint density at radius 1 is 1.08 bits per heavy atom. The Hall–Kier alpha value is -1.71. The monoisotopic (exact) mass is 749 g/mol. The van der Waals surface area contributed by atoms with E-state index in [1.54, 1.807) is 0 Å². The minimum absolute atomic E-state index is 0. The maximum atomic E-state index is 11.8. The first-order valence-electron chi connectivity index (χ1n) is 12.7. The molecule has 1 aromatic carbocycles. The number of hydrogen-bond acceptors (Lipinski definition) is 4.